The van der Waals surface area contributed by atoms with Crippen molar-refractivity contribution in [2.45, 2.75) is 0 Å². The highest BCUT2D eigenvalue weighted by Gasteiger charge is 2.18. The lowest BCUT2D eigenvalue weighted by atomic mass is 10.1. The van der Waals surface area contributed by atoms with E-state index in [0.717, 1.165) is 72.9 Å². The number of rotatable bonds is 5. The first-order valence-electron chi connectivity index (χ1n) is 19.3. The van der Waals surface area contributed by atoms with E-state index in [1.54, 1.807) is 0 Å². The first-order chi connectivity index (χ1) is 28.3. The van der Waals surface area contributed by atoms with Crippen molar-refractivity contribution in [3.8, 4) is 39.8 Å². The maximum Gasteiger partial charge on any atom is 0.138 e. The molecule has 0 N–H and O–H groups in total. The van der Waals surface area contributed by atoms with E-state index in [4.69, 9.17) is 9.97 Å². The molecule has 7 aromatic carbocycles. The van der Waals surface area contributed by atoms with Gasteiger partial charge in [-0.1, -0.05) is 121 Å². The van der Waals surface area contributed by atoms with Gasteiger partial charge in [0.1, 0.15) is 5.82 Å². The SMILES string of the molecule is c1cc(-c2cc(-n3c4ccccc4c4ccccc43)cc(-n3c4ccccc4c4ccccc43)c2)nc(-c2cccc(-n3c4ccccc4c4ccccc43)n2)c1. The Morgan fingerprint density at radius 1 is 0.263 bits per heavy atom. The molecule has 0 unspecified atom stereocenters. The summed E-state index contributed by atoms with van der Waals surface area (Å²) in [6.45, 7) is 0. The lowest BCUT2D eigenvalue weighted by molar-refractivity contribution is 1.08. The van der Waals surface area contributed by atoms with Crippen LogP contribution < -0.4 is 0 Å². The predicted molar refractivity (Wildman–Crippen MR) is 236 cm³/mol. The Bertz CT molecular complexity index is 3250. The summed E-state index contributed by atoms with van der Waals surface area (Å²) in [5.74, 6) is 0.860. The molecule has 0 aliphatic rings. The van der Waals surface area contributed by atoms with Gasteiger partial charge in [0.15, 0.2) is 0 Å². The maximum atomic E-state index is 5.36. The van der Waals surface area contributed by atoms with Crippen LogP contribution in [0.1, 0.15) is 0 Å². The van der Waals surface area contributed by atoms with E-state index in [9.17, 15) is 0 Å². The van der Waals surface area contributed by atoms with Gasteiger partial charge < -0.3 is 9.13 Å². The Kier molecular flexibility index (Phi) is 6.86. The van der Waals surface area contributed by atoms with E-state index in [2.05, 4.69) is 214 Å². The molecule has 0 amide bonds. The van der Waals surface area contributed by atoms with Gasteiger partial charge in [0.2, 0.25) is 0 Å². The van der Waals surface area contributed by atoms with E-state index in [1.165, 1.54) is 32.3 Å². The largest absolute Gasteiger partial charge is 0.309 e. The van der Waals surface area contributed by atoms with Gasteiger partial charge in [-0.3, -0.25) is 4.57 Å². The number of aromatic nitrogens is 5. The first kappa shape index (κ1) is 31.6. The summed E-state index contributed by atoms with van der Waals surface area (Å²) >= 11 is 0. The molecule has 0 bridgehead atoms. The monoisotopic (exact) mass is 727 g/mol. The third kappa shape index (κ3) is 4.82. The van der Waals surface area contributed by atoms with Gasteiger partial charge in [0, 0.05) is 49.3 Å². The maximum absolute atomic E-state index is 5.36. The second kappa shape index (κ2) is 12.4. The average molecular weight is 728 g/mol. The molecular formula is C52H33N5. The molecule has 0 spiro atoms. The minimum atomic E-state index is 0.816. The first-order valence-corrected chi connectivity index (χ1v) is 19.3. The van der Waals surface area contributed by atoms with Gasteiger partial charge in [-0.25, -0.2) is 9.97 Å². The molecule has 0 saturated carbocycles. The molecule has 0 atom stereocenters. The molecule has 0 fully saturated rings. The quantitative estimate of drug-likeness (QED) is 0.177. The highest BCUT2D eigenvalue weighted by atomic mass is 15.1. The molecule has 5 heterocycles. The molecule has 266 valence electrons. The Morgan fingerprint density at radius 2 is 0.596 bits per heavy atom. The van der Waals surface area contributed by atoms with Gasteiger partial charge in [0.05, 0.1) is 50.2 Å². The van der Waals surface area contributed by atoms with Crippen LogP contribution in [0.2, 0.25) is 0 Å². The zero-order valence-electron chi connectivity index (χ0n) is 30.8. The van der Waals surface area contributed by atoms with E-state index >= 15 is 0 Å². The van der Waals surface area contributed by atoms with Crippen molar-refractivity contribution in [2.75, 3.05) is 0 Å². The molecule has 0 aliphatic carbocycles. The van der Waals surface area contributed by atoms with Crippen LogP contribution in [0.4, 0.5) is 0 Å². The van der Waals surface area contributed by atoms with Crippen molar-refractivity contribution < 1.29 is 0 Å². The van der Waals surface area contributed by atoms with Gasteiger partial charge in [-0.15, -0.1) is 0 Å². The van der Waals surface area contributed by atoms with Crippen molar-refractivity contribution in [1.29, 1.82) is 0 Å². The molecule has 12 rings (SSSR count). The lowest BCUT2D eigenvalue weighted by Crippen LogP contribution is -2.01. The molecular weight excluding hydrogens is 695 g/mol. The highest BCUT2D eigenvalue weighted by molar-refractivity contribution is 6.11. The molecule has 0 aliphatic heterocycles. The number of benzene rings is 7. The van der Waals surface area contributed by atoms with Gasteiger partial charge in [0.25, 0.3) is 0 Å². The van der Waals surface area contributed by atoms with Crippen LogP contribution >= 0.6 is 0 Å². The summed E-state index contributed by atoms with van der Waals surface area (Å²) in [6.07, 6.45) is 0. The van der Waals surface area contributed by atoms with Crippen molar-refractivity contribution >= 4 is 65.4 Å². The second-order valence-electron chi connectivity index (χ2n) is 14.6. The Hall–Kier alpha value is -7.76. The summed E-state index contributed by atoms with van der Waals surface area (Å²) in [5, 5.41) is 7.33. The average Bonchev–Trinajstić information content (AvgIpc) is 3.92. The molecule has 12 aromatic rings. The predicted octanol–water partition coefficient (Wildman–Crippen LogP) is 13.1. The summed E-state index contributed by atoms with van der Waals surface area (Å²) in [5.41, 5.74) is 12.6. The van der Waals surface area contributed by atoms with Crippen molar-refractivity contribution in [3.05, 3.63) is 200 Å². The van der Waals surface area contributed by atoms with Crippen molar-refractivity contribution in [1.82, 2.24) is 23.7 Å². The molecule has 5 nitrogen and oxygen atoms in total. The molecule has 0 saturated heterocycles. The number of nitrogens with zero attached hydrogens (tertiary/aromatic N) is 5. The topological polar surface area (TPSA) is 40.6 Å². The number of hydrogen-bond acceptors (Lipinski definition) is 2. The van der Waals surface area contributed by atoms with Crippen LogP contribution in [0, 0.1) is 0 Å². The standard InChI is InChI=1S/C52H33N5/c1-7-24-46-37(15-1)38-16-2-8-25-47(38)55(46)35-31-34(32-36(33-35)56-48-26-9-3-17-39(48)40-18-4-10-27-49(40)56)43-21-13-22-44(53-43)45-23-14-30-52(54-45)57-50-28-11-5-19-41(50)42-20-6-12-29-51(42)57/h1-33H. The van der Waals surface area contributed by atoms with E-state index in [1.807, 2.05) is 0 Å². The lowest BCUT2D eigenvalue weighted by Gasteiger charge is -2.16. The van der Waals surface area contributed by atoms with E-state index < -0.39 is 0 Å². The van der Waals surface area contributed by atoms with Crippen LogP contribution in [0.5, 0.6) is 0 Å². The summed E-state index contributed by atoms with van der Waals surface area (Å²) < 4.78 is 7.05. The summed E-state index contributed by atoms with van der Waals surface area (Å²) in [6, 6.07) is 71.2. The Morgan fingerprint density at radius 3 is 1.02 bits per heavy atom. The van der Waals surface area contributed by atoms with Gasteiger partial charge in [-0.2, -0.15) is 0 Å². The number of hydrogen-bond donors (Lipinski definition) is 0. The van der Waals surface area contributed by atoms with Crippen molar-refractivity contribution in [3.63, 3.8) is 0 Å². The third-order valence-electron chi connectivity index (χ3n) is 11.4. The molecule has 57 heavy (non-hydrogen) atoms. The molecule has 5 heteroatoms. The Balaban J connectivity index is 1.08. The zero-order chi connectivity index (χ0) is 37.5. The fourth-order valence-corrected chi connectivity index (χ4v) is 9.00. The zero-order valence-corrected chi connectivity index (χ0v) is 30.8. The fourth-order valence-electron chi connectivity index (χ4n) is 9.00. The summed E-state index contributed by atoms with van der Waals surface area (Å²) in [4.78, 5) is 10.6. The van der Waals surface area contributed by atoms with Gasteiger partial charge in [-0.05, 0) is 78.9 Å². The van der Waals surface area contributed by atoms with Crippen LogP contribution in [0.3, 0.4) is 0 Å². The van der Waals surface area contributed by atoms with Crippen LogP contribution in [0.15, 0.2) is 200 Å². The van der Waals surface area contributed by atoms with Gasteiger partial charge >= 0.3 is 0 Å². The molecule has 0 radical (unpaired) electrons. The van der Waals surface area contributed by atoms with E-state index in [0.29, 0.717) is 0 Å². The minimum absolute atomic E-state index is 0.816. The summed E-state index contributed by atoms with van der Waals surface area (Å²) in [7, 11) is 0. The molecule has 5 aromatic heterocycles. The smallest absolute Gasteiger partial charge is 0.138 e. The second-order valence-corrected chi connectivity index (χ2v) is 14.6. The highest BCUT2D eigenvalue weighted by Crippen LogP contribution is 2.38. The van der Waals surface area contributed by atoms with Crippen molar-refractivity contribution in [2.24, 2.45) is 0 Å². The fraction of sp³-hybridized carbons (Fsp3) is 0. The Labute approximate surface area is 328 Å². The van der Waals surface area contributed by atoms with Crippen LogP contribution in [-0.2, 0) is 0 Å². The normalized spacial score (nSPS) is 11.9. The van der Waals surface area contributed by atoms with E-state index in [-0.39, 0.29) is 0 Å². The minimum Gasteiger partial charge on any atom is -0.309 e. The van der Waals surface area contributed by atoms with Crippen LogP contribution in [0.25, 0.3) is 105 Å². The van der Waals surface area contributed by atoms with Crippen LogP contribution in [-0.4, -0.2) is 23.7 Å². The number of para-hydroxylation sites is 6. The number of pyridine rings is 2. The third-order valence-corrected chi connectivity index (χ3v) is 11.4. The number of fused-ring (bicyclic) bond motifs is 9.